The van der Waals surface area contributed by atoms with Crippen LogP contribution in [0.4, 0.5) is 0 Å². The molecule has 1 aliphatic rings. The number of ether oxygens (including phenoxy) is 1. The minimum absolute atomic E-state index is 0.700. The summed E-state index contributed by atoms with van der Waals surface area (Å²) in [4.78, 5) is 0. The summed E-state index contributed by atoms with van der Waals surface area (Å²) >= 11 is 0. The van der Waals surface area contributed by atoms with Crippen molar-refractivity contribution in [2.45, 2.75) is 38.1 Å². The number of rotatable bonds is 6. The predicted octanol–water partition coefficient (Wildman–Crippen LogP) is 3.50. The number of benzene rings is 1. The minimum Gasteiger partial charge on any atom is -0.497 e. The first-order valence-corrected chi connectivity index (χ1v) is 6.82. The van der Waals surface area contributed by atoms with Crippen molar-refractivity contribution < 1.29 is 4.74 Å². The van der Waals surface area contributed by atoms with Gasteiger partial charge < -0.3 is 10.1 Å². The van der Waals surface area contributed by atoms with E-state index in [-0.39, 0.29) is 0 Å². The van der Waals surface area contributed by atoms with Crippen LogP contribution < -0.4 is 10.1 Å². The van der Waals surface area contributed by atoms with Gasteiger partial charge in [0.2, 0.25) is 0 Å². The highest BCUT2D eigenvalue weighted by Crippen LogP contribution is 2.37. The number of nitrogens with one attached hydrogen (secondary N) is 1. The molecule has 1 saturated carbocycles. The van der Waals surface area contributed by atoms with Crippen molar-refractivity contribution in [3.63, 3.8) is 0 Å². The molecule has 2 heteroatoms. The van der Waals surface area contributed by atoms with Crippen molar-refractivity contribution in [1.29, 1.82) is 0 Å². The van der Waals surface area contributed by atoms with E-state index in [2.05, 4.69) is 42.6 Å². The molecular formula is C16H23NO. The Kier molecular flexibility index (Phi) is 4.82. The average molecular weight is 245 g/mol. The lowest BCUT2D eigenvalue weighted by atomic mass is 9.76. The number of hydrogen-bond acceptors (Lipinski definition) is 2. The van der Waals surface area contributed by atoms with Gasteiger partial charge in [0, 0.05) is 6.04 Å². The van der Waals surface area contributed by atoms with Crippen LogP contribution >= 0.6 is 0 Å². The smallest absolute Gasteiger partial charge is 0.119 e. The Balaban J connectivity index is 1.74. The van der Waals surface area contributed by atoms with Crippen LogP contribution in [-0.2, 0) is 0 Å². The minimum atomic E-state index is 0.700. The molecule has 1 aliphatic carbocycles. The van der Waals surface area contributed by atoms with E-state index in [1.807, 2.05) is 6.07 Å². The summed E-state index contributed by atoms with van der Waals surface area (Å²) < 4.78 is 5.27. The first-order valence-electron chi connectivity index (χ1n) is 6.82. The Morgan fingerprint density at radius 2 is 2.22 bits per heavy atom. The third kappa shape index (κ3) is 3.36. The fourth-order valence-electron chi connectivity index (χ4n) is 2.49. The summed E-state index contributed by atoms with van der Waals surface area (Å²) in [5.74, 6) is 1.68. The molecule has 2 rings (SSSR count). The highest BCUT2D eigenvalue weighted by atomic mass is 16.5. The molecule has 0 heterocycles. The van der Waals surface area contributed by atoms with Crippen LogP contribution in [0.5, 0.6) is 5.75 Å². The van der Waals surface area contributed by atoms with Crippen molar-refractivity contribution in [3.05, 3.63) is 42.0 Å². The predicted molar refractivity (Wildman–Crippen MR) is 76.2 cm³/mol. The molecule has 0 spiro atoms. The lowest BCUT2D eigenvalue weighted by Gasteiger charge is -2.36. The van der Waals surface area contributed by atoms with Crippen molar-refractivity contribution in [1.82, 2.24) is 5.32 Å². The zero-order valence-electron chi connectivity index (χ0n) is 11.4. The standard InChI is InChI=1S/C16H23NO/c1-3-4-5-9-17-15-10-14(11-15)13-7-6-8-16(12-13)18-2/h3-4,6-8,12,14-15,17H,5,9-11H2,1-2H3/b4-3+. The van der Waals surface area contributed by atoms with Gasteiger partial charge in [0.25, 0.3) is 0 Å². The molecule has 0 amide bonds. The van der Waals surface area contributed by atoms with Gasteiger partial charge in [-0.3, -0.25) is 0 Å². The Morgan fingerprint density at radius 3 is 2.94 bits per heavy atom. The molecule has 2 nitrogen and oxygen atoms in total. The van der Waals surface area contributed by atoms with Gasteiger partial charge in [-0.15, -0.1) is 0 Å². The van der Waals surface area contributed by atoms with E-state index in [9.17, 15) is 0 Å². The van der Waals surface area contributed by atoms with E-state index in [4.69, 9.17) is 4.74 Å². The monoisotopic (exact) mass is 245 g/mol. The lowest BCUT2D eigenvalue weighted by Crippen LogP contribution is -2.40. The highest BCUT2D eigenvalue weighted by Gasteiger charge is 2.29. The molecule has 1 aromatic rings. The average Bonchev–Trinajstić information content (AvgIpc) is 2.36. The summed E-state index contributed by atoms with van der Waals surface area (Å²) in [6, 6.07) is 9.17. The van der Waals surface area contributed by atoms with Gasteiger partial charge in [-0.1, -0.05) is 24.3 Å². The Hall–Kier alpha value is -1.28. The second kappa shape index (κ2) is 6.60. The van der Waals surface area contributed by atoms with Crippen molar-refractivity contribution in [2.75, 3.05) is 13.7 Å². The molecule has 0 aromatic heterocycles. The summed E-state index contributed by atoms with van der Waals surface area (Å²) in [5.41, 5.74) is 1.42. The van der Waals surface area contributed by atoms with Crippen LogP contribution in [0.25, 0.3) is 0 Å². The molecule has 0 unspecified atom stereocenters. The van der Waals surface area contributed by atoms with Gasteiger partial charge >= 0.3 is 0 Å². The lowest BCUT2D eigenvalue weighted by molar-refractivity contribution is 0.292. The number of hydrogen-bond donors (Lipinski definition) is 1. The Labute approximate surface area is 110 Å². The van der Waals surface area contributed by atoms with E-state index in [0.717, 1.165) is 18.7 Å². The molecule has 18 heavy (non-hydrogen) atoms. The van der Waals surface area contributed by atoms with Crippen LogP contribution in [0.2, 0.25) is 0 Å². The first-order chi connectivity index (χ1) is 8.83. The normalized spacial score (nSPS) is 23.0. The summed E-state index contributed by atoms with van der Waals surface area (Å²) in [5, 5.41) is 3.60. The second-order valence-electron chi connectivity index (χ2n) is 4.95. The van der Waals surface area contributed by atoms with E-state index in [0.29, 0.717) is 12.0 Å². The molecule has 1 fully saturated rings. The van der Waals surface area contributed by atoms with E-state index < -0.39 is 0 Å². The third-order valence-electron chi connectivity index (χ3n) is 3.68. The zero-order valence-corrected chi connectivity index (χ0v) is 11.4. The molecule has 0 atom stereocenters. The maximum atomic E-state index is 5.27. The molecular weight excluding hydrogens is 222 g/mol. The van der Waals surface area contributed by atoms with Gasteiger partial charge in [-0.25, -0.2) is 0 Å². The maximum absolute atomic E-state index is 5.27. The summed E-state index contributed by atoms with van der Waals surface area (Å²) in [7, 11) is 1.73. The SMILES string of the molecule is C/C=C/CCNC1CC(c2cccc(OC)c2)C1. The van der Waals surface area contributed by atoms with Crippen molar-refractivity contribution in [3.8, 4) is 5.75 Å². The van der Waals surface area contributed by atoms with Crippen LogP contribution in [0, 0.1) is 0 Å². The van der Waals surface area contributed by atoms with Gasteiger partial charge in [-0.05, 0) is 56.3 Å². The quantitative estimate of drug-likeness (QED) is 0.612. The van der Waals surface area contributed by atoms with Crippen molar-refractivity contribution >= 4 is 0 Å². The molecule has 98 valence electrons. The summed E-state index contributed by atoms with van der Waals surface area (Å²) in [6.45, 7) is 3.17. The van der Waals surface area contributed by atoms with Crippen molar-refractivity contribution in [2.24, 2.45) is 0 Å². The van der Waals surface area contributed by atoms with Crippen LogP contribution in [-0.4, -0.2) is 19.7 Å². The molecule has 0 bridgehead atoms. The fourth-order valence-corrected chi connectivity index (χ4v) is 2.49. The maximum Gasteiger partial charge on any atom is 0.119 e. The Morgan fingerprint density at radius 1 is 1.39 bits per heavy atom. The zero-order chi connectivity index (χ0) is 12.8. The molecule has 1 aromatic carbocycles. The second-order valence-corrected chi connectivity index (χ2v) is 4.95. The van der Waals surface area contributed by atoms with E-state index in [1.54, 1.807) is 7.11 Å². The number of allylic oxidation sites excluding steroid dienone is 1. The molecule has 0 saturated heterocycles. The highest BCUT2D eigenvalue weighted by molar-refractivity contribution is 5.32. The topological polar surface area (TPSA) is 21.3 Å². The fraction of sp³-hybridized carbons (Fsp3) is 0.500. The van der Waals surface area contributed by atoms with Gasteiger partial charge in [0.1, 0.15) is 5.75 Å². The third-order valence-corrected chi connectivity index (χ3v) is 3.68. The van der Waals surface area contributed by atoms with Crippen LogP contribution in [0.1, 0.15) is 37.7 Å². The number of methoxy groups -OCH3 is 1. The largest absolute Gasteiger partial charge is 0.497 e. The Bertz CT molecular complexity index is 394. The van der Waals surface area contributed by atoms with Crippen LogP contribution in [0.15, 0.2) is 36.4 Å². The van der Waals surface area contributed by atoms with Gasteiger partial charge in [0.05, 0.1) is 7.11 Å². The molecule has 1 N–H and O–H groups in total. The van der Waals surface area contributed by atoms with E-state index in [1.165, 1.54) is 18.4 Å². The van der Waals surface area contributed by atoms with Gasteiger partial charge in [0.15, 0.2) is 0 Å². The first kappa shape index (κ1) is 13.2. The van der Waals surface area contributed by atoms with Crippen LogP contribution in [0.3, 0.4) is 0 Å². The van der Waals surface area contributed by atoms with Gasteiger partial charge in [-0.2, -0.15) is 0 Å². The van der Waals surface area contributed by atoms with E-state index >= 15 is 0 Å². The summed E-state index contributed by atoms with van der Waals surface area (Å²) in [6.07, 6.45) is 7.97. The molecule has 0 radical (unpaired) electrons. The molecule has 0 aliphatic heterocycles.